The van der Waals surface area contributed by atoms with Gasteiger partial charge in [0.05, 0.1) is 6.54 Å². The Labute approximate surface area is 121 Å². The molecule has 3 heteroatoms. The molecule has 0 spiro atoms. The topological polar surface area (TPSA) is 32.3 Å². The number of amides is 1. The molecule has 1 aromatic rings. The molecule has 0 heterocycles. The molecule has 0 unspecified atom stereocenters. The lowest BCUT2D eigenvalue weighted by atomic mass is 10.1. The highest BCUT2D eigenvalue weighted by atomic mass is 16.2. The maximum absolute atomic E-state index is 12.4. The van der Waals surface area contributed by atoms with Crippen molar-refractivity contribution >= 4 is 5.91 Å². The summed E-state index contributed by atoms with van der Waals surface area (Å²) >= 11 is 0. The summed E-state index contributed by atoms with van der Waals surface area (Å²) in [6.07, 6.45) is 4.99. The first-order chi connectivity index (χ1) is 9.72. The second kappa shape index (κ2) is 5.96. The van der Waals surface area contributed by atoms with E-state index in [4.69, 9.17) is 0 Å². The first kappa shape index (κ1) is 13.6. The Morgan fingerprint density at radius 1 is 1.30 bits per heavy atom. The van der Waals surface area contributed by atoms with Crippen molar-refractivity contribution < 1.29 is 4.79 Å². The van der Waals surface area contributed by atoms with Gasteiger partial charge in [-0.1, -0.05) is 29.8 Å². The van der Waals surface area contributed by atoms with Crippen LogP contribution in [-0.4, -0.2) is 29.9 Å². The zero-order valence-electron chi connectivity index (χ0n) is 12.3. The molecule has 1 aromatic carbocycles. The molecule has 2 aliphatic rings. The van der Waals surface area contributed by atoms with Crippen LogP contribution in [0.5, 0.6) is 0 Å². The lowest BCUT2D eigenvalue weighted by Gasteiger charge is -2.23. The number of nitrogens with one attached hydrogen (secondary N) is 1. The van der Waals surface area contributed by atoms with Crippen molar-refractivity contribution in [3.63, 3.8) is 0 Å². The summed E-state index contributed by atoms with van der Waals surface area (Å²) in [6.45, 7) is 4.37. The minimum Gasteiger partial charge on any atom is -0.334 e. The van der Waals surface area contributed by atoms with Crippen molar-refractivity contribution in [3.05, 3.63) is 35.4 Å². The molecule has 20 heavy (non-hydrogen) atoms. The molecule has 0 bridgehead atoms. The summed E-state index contributed by atoms with van der Waals surface area (Å²) in [5.74, 6) is 1.09. The molecular formula is C17H24N2O. The number of nitrogens with zero attached hydrogens (tertiary/aromatic N) is 1. The van der Waals surface area contributed by atoms with E-state index in [1.165, 1.54) is 36.8 Å². The molecule has 2 fully saturated rings. The van der Waals surface area contributed by atoms with Gasteiger partial charge in [-0.2, -0.15) is 0 Å². The van der Waals surface area contributed by atoms with Crippen molar-refractivity contribution in [2.24, 2.45) is 5.92 Å². The third-order valence-electron chi connectivity index (χ3n) is 4.15. The highest BCUT2D eigenvalue weighted by Gasteiger charge is 2.32. The fourth-order valence-corrected chi connectivity index (χ4v) is 2.62. The van der Waals surface area contributed by atoms with Crippen LogP contribution in [0.3, 0.4) is 0 Å². The molecule has 3 rings (SSSR count). The Morgan fingerprint density at radius 2 is 2.10 bits per heavy atom. The summed E-state index contributed by atoms with van der Waals surface area (Å²) in [6, 6.07) is 8.95. The highest BCUT2D eigenvalue weighted by molar-refractivity contribution is 5.79. The molecule has 1 N–H and O–H groups in total. The van der Waals surface area contributed by atoms with Crippen LogP contribution in [0.4, 0.5) is 0 Å². The maximum Gasteiger partial charge on any atom is 0.237 e. The summed E-state index contributed by atoms with van der Waals surface area (Å²) < 4.78 is 0. The van der Waals surface area contributed by atoms with Gasteiger partial charge in [0.2, 0.25) is 5.91 Å². The minimum absolute atomic E-state index is 0.259. The van der Waals surface area contributed by atoms with Crippen molar-refractivity contribution in [2.45, 2.75) is 45.2 Å². The number of rotatable bonds is 7. The Kier molecular flexibility index (Phi) is 4.06. The number of hydrogen-bond donors (Lipinski definition) is 1. The quantitative estimate of drug-likeness (QED) is 0.827. The van der Waals surface area contributed by atoms with Crippen LogP contribution in [0.1, 0.15) is 36.8 Å². The van der Waals surface area contributed by atoms with Gasteiger partial charge in [0.15, 0.2) is 0 Å². The molecule has 1 amide bonds. The average Bonchev–Trinajstić information content (AvgIpc) is 3.28. The number of carbonyl (C=O) groups is 1. The van der Waals surface area contributed by atoms with E-state index in [9.17, 15) is 4.79 Å². The van der Waals surface area contributed by atoms with Crippen LogP contribution in [0.2, 0.25) is 0 Å². The largest absolute Gasteiger partial charge is 0.334 e. The molecule has 2 aliphatic carbocycles. The van der Waals surface area contributed by atoms with Crippen molar-refractivity contribution in [1.29, 1.82) is 0 Å². The van der Waals surface area contributed by atoms with E-state index in [1.54, 1.807) is 0 Å². The van der Waals surface area contributed by atoms with Crippen molar-refractivity contribution in [3.8, 4) is 0 Å². The molecule has 3 nitrogen and oxygen atoms in total. The molecule has 0 aliphatic heterocycles. The molecular weight excluding hydrogens is 248 g/mol. The SMILES string of the molecule is Cc1cccc(CN(C(=O)CNCC2CC2)C2CC2)c1. The van der Waals surface area contributed by atoms with Crippen LogP contribution < -0.4 is 5.32 Å². The molecule has 108 valence electrons. The van der Waals surface area contributed by atoms with Crippen molar-refractivity contribution in [1.82, 2.24) is 10.2 Å². The van der Waals surface area contributed by atoms with Crippen LogP contribution in [0.15, 0.2) is 24.3 Å². The van der Waals surface area contributed by atoms with Gasteiger partial charge in [-0.25, -0.2) is 0 Å². The second-order valence-corrected chi connectivity index (χ2v) is 6.32. The smallest absolute Gasteiger partial charge is 0.237 e. The van der Waals surface area contributed by atoms with Crippen molar-refractivity contribution in [2.75, 3.05) is 13.1 Å². The molecule has 2 saturated carbocycles. The fraction of sp³-hybridized carbons (Fsp3) is 0.588. The summed E-state index contributed by atoms with van der Waals surface area (Å²) in [4.78, 5) is 14.4. The van der Waals surface area contributed by atoms with E-state index in [-0.39, 0.29) is 5.91 Å². The highest BCUT2D eigenvalue weighted by Crippen LogP contribution is 2.29. The number of aryl methyl sites for hydroxylation is 1. The van der Waals surface area contributed by atoms with Gasteiger partial charge in [0.25, 0.3) is 0 Å². The number of hydrogen-bond acceptors (Lipinski definition) is 2. The molecule has 0 aromatic heterocycles. The van der Waals surface area contributed by atoms with Gasteiger partial charge in [-0.15, -0.1) is 0 Å². The Morgan fingerprint density at radius 3 is 2.75 bits per heavy atom. The first-order valence-corrected chi connectivity index (χ1v) is 7.78. The molecule has 0 radical (unpaired) electrons. The van der Waals surface area contributed by atoms with Gasteiger partial charge in [-0.05, 0) is 50.6 Å². The van der Waals surface area contributed by atoms with Crippen LogP contribution in [-0.2, 0) is 11.3 Å². The van der Waals surface area contributed by atoms with E-state index >= 15 is 0 Å². The fourth-order valence-electron chi connectivity index (χ4n) is 2.62. The van der Waals surface area contributed by atoms with Gasteiger partial charge in [-0.3, -0.25) is 4.79 Å². The van der Waals surface area contributed by atoms with E-state index in [2.05, 4.69) is 41.4 Å². The predicted molar refractivity (Wildman–Crippen MR) is 80.3 cm³/mol. The lowest BCUT2D eigenvalue weighted by molar-refractivity contribution is -0.131. The van der Waals surface area contributed by atoms with E-state index in [1.807, 2.05) is 0 Å². The Hall–Kier alpha value is -1.35. The summed E-state index contributed by atoms with van der Waals surface area (Å²) in [5, 5.41) is 3.32. The van der Waals surface area contributed by atoms with Crippen LogP contribution in [0.25, 0.3) is 0 Å². The van der Waals surface area contributed by atoms with E-state index < -0.39 is 0 Å². The van der Waals surface area contributed by atoms with Gasteiger partial charge in [0.1, 0.15) is 0 Å². The summed E-state index contributed by atoms with van der Waals surface area (Å²) in [5.41, 5.74) is 2.50. The summed E-state index contributed by atoms with van der Waals surface area (Å²) in [7, 11) is 0. The standard InChI is InChI=1S/C17H24N2O/c1-13-3-2-4-15(9-13)12-19(16-7-8-16)17(20)11-18-10-14-5-6-14/h2-4,9,14,16,18H,5-8,10-12H2,1H3. The zero-order valence-corrected chi connectivity index (χ0v) is 12.3. The average molecular weight is 272 g/mol. The Bertz CT molecular complexity index is 478. The monoisotopic (exact) mass is 272 g/mol. The first-order valence-electron chi connectivity index (χ1n) is 7.78. The third-order valence-corrected chi connectivity index (χ3v) is 4.15. The second-order valence-electron chi connectivity index (χ2n) is 6.32. The minimum atomic E-state index is 0.259. The molecule has 0 atom stereocenters. The number of carbonyl (C=O) groups excluding carboxylic acids is 1. The van der Waals surface area contributed by atoms with Gasteiger partial charge >= 0.3 is 0 Å². The van der Waals surface area contributed by atoms with Gasteiger partial charge < -0.3 is 10.2 Å². The molecule has 0 saturated heterocycles. The normalized spacial score (nSPS) is 18.1. The van der Waals surface area contributed by atoms with Gasteiger partial charge in [0, 0.05) is 12.6 Å². The number of benzene rings is 1. The maximum atomic E-state index is 12.4. The third kappa shape index (κ3) is 3.83. The van der Waals surface area contributed by atoms with Crippen LogP contribution in [0, 0.1) is 12.8 Å². The van der Waals surface area contributed by atoms with Crippen LogP contribution >= 0.6 is 0 Å². The Balaban J connectivity index is 1.55. The van der Waals surface area contributed by atoms with E-state index in [0.717, 1.165) is 19.0 Å². The predicted octanol–water partition coefficient (Wildman–Crippen LogP) is 2.49. The lowest BCUT2D eigenvalue weighted by Crippen LogP contribution is -2.39. The van der Waals surface area contributed by atoms with E-state index in [0.29, 0.717) is 12.6 Å². The zero-order chi connectivity index (χ0) is 13.9.